The largest absolute Gasteiger partial charge is 0.457 e. The maximum atomic E-state index is 12.0. The van der Waals surface area contributed by atoms with Gasteiger partial charge in [0.25, 0.3) is 5.78 Å². The molecule has 2 aromatic heterocycles. The molecule has 2 rings (SSSR count). The molecule has 0 saturated heterocycles. The first-order valence-electron chi connectivity index (χ1n) is 7.05. The molecule has 118 valence electrons. The van der Waals surface area contributed by atoms with E-state index in [0.29, 0.717) is 11.5 Å². The van der Waals surface area contributed by atoms with Gasteiger partial charge in [0, 0.05) is 22.4 Å². The van der Waals surface area contributed by atoms with Gasteiger partial charge in [-0.1, -0.05) is 20.8 Å². The van der Waals surface area contributed by atoms with Crippen LogP contribution >= 0.6 is 0 Å². The van der Waals surface area contributed by atoms with E-state index in [-0.39, 0.29) is 18.8 Å². The Morgan fingerprint density at radius 2 is 1.95 bits per heavy atom. The van der Waals surface area contributed by atoms with Gasteiger partial charge in [-0.3, -0.25) is 9.59 Å². The van der Waals surface area contributed by atoms with Gasteiger partial charge < -0.3 is 4.74 Å². The minimum atomic E-state index is -0.521. The fourth-order valence-electron chi connectivity index (χ4n) is 1.97. The number of rotatable bonds is 4. The molecule has 0 aliphatic heterocycles. The van der Waals surface area contributed by atoms with Crippen molar-refractivity contribution in [1.82, 2.24) is 19.6 Å². The molecule has 22 heavy (non-hydrogen) atoms. The summed E-state index contributed by atoms with van der Waals surface area (Å²) < 4.78 is 6.66. The highest BCUT2D eigenvalue weighted by molar-refractivity contribution is 5.87. The molecule has 0 unspecified atom stereocenters. The summed E-state index contributed by atoms with van der Waals surface area (Å²) in [5, 5.41) is 4.07. The Balaban J connectivity index is 2.10. The summed E-state index contributed by atoms with van der Waals surface area (Å²) in [4.78, 5) is 32.1. The van der Waals surface area contributed by atoms with Crippen molar-refractivity contribution >= 4 is 17.5 Å². The molecule has 0 radical (unpaired) electrons. The molecule has 2 heterocycles. The molecule has 0 fully saturated rings. The normalized spacial score (nSPS) is 11.7. The highest BCUT2D eigenvalue weighted by atomic mass is 16.5. The van der Waals surface area contributed by atoms with E-state index in [4.69, 9.17) is 4.74 Å². The Labute approximate surface area is 128 Å². The summed E-state index contributed by atoms with van der Waals surface area (Å²) in [5.74, 6) is -0.0701. The van der Waals surface area contributed by atoms with Crippen molar-refractivity contribution in [2.24, 2.45) is 5.41 Å². The van der Waals surface area contributed by atoms with Crippen molar-refractivity contribution in [3.63, 3.8) is 0 Å². The molecule has 7 heteroatoms. The highest BCUT2D eigenvalue weighted by Crippen LogP contribution is 2.16. The number of hydrogen-bond donors (Lipinski definition) is 0. The van der Waals surface area contributed by atoms with E-state index in [1.807, 2.05) is 13.8 Å². The van der Waals surface area contributed by atoms with E-state index in [1.165, 1.54) is 6.33 Å². The molecule has 2 aromatic rings. The van der Waals surface area contributed by atoms with Gasteiger partial charge in [-0.25, -0.2) is 9.50 Å². The van der Waals surface area contributed by atoms with Gasteiger partial charge in [0.15, 0.2) is 12.4 Å². The number of aryl methyl sites for hydroxylation is 2. The van der Waals surface area contributed by atoms with Crippen molar-refractivity contribution in [1.29, 1.82) is 0 Å². The molecule has 7 nitrogen and oxygen atoms in total. The van der Waals surface area contributed by atoms with Crippen LogP contribution in [-0.2, 0) is 20.7 Å². The minimum Gasteiger partial charge on any atom is -0.457 e. The van der Waals surface area contributed by atoms with Gasteiger partial charge in [0.2, 0.25) is 0 Å². The average Bonchev–Trinajstić information content (AvgIpc) is 2.87. The first-order chi connectivity index (χ1) is 10.2. The topological polar surface area (TPSA) is 86.4 Å². The van der Waals surface area contributed by atoms with Gasteiger partial charge in [-0.2, -0.15) is 10.1 Å². The molecule has 0 saturated carbocycles. The molecule has 0 aromatic carbocycles. The zero-order valence-corrected chi connectivity index (χ0v) is 13.5. The molecule has 0 N–H and O–H groups in total. The summed E-state index contributed by atoms with van der Waals surface area (Å²) in [6.45, 7) is 8.82. The molecule has 0 amide bonds. The van der Waals surface area contributed by atoms with Crippen molar-refractivity contribution < 1.29 is 14.3 Å². The zero-order valence-electron chi connectivity index (χ0n) is 13.5. The number of aromatic nitrogens is 4. The van der Waals surface area contributed by atoms with Crippen molar-refractivity contribution in [3.8, 4) is 0 Å². The summed E-state index contributed by atoms with van der Waals surface area (Å²) in [6, 6.07) is 0. The van der Waals surface area contributed by atoms with Gasteiger partial charge in [0.1, 0.15) is 6.33 Å². The van der Waals surface area contributed by atoms with Gasteiger partial charge in [-0.05, 0) is 13.8 Å². The quantitative estimate of drug-likeness (QED) is 0.794. The van der Waals surface area contributed by atoms with Crippen LogP contribution < -0.4 is 0 Å². The Hall–Kier alpha value is -2.31. The molecular formula is C15H20N4O3. The number of carbonyl (C=O) groups excluding carboxylic acids is 2. The van der Waals surface area contributed by atoms with E-state index >= 15 is 0 Å². The third-order valence-electron chi connectivity index (χ3n) is 3.51. The SMILES string of the molecule is Cc1nc2ncnn2c(C)c1CC(=O)OCC(=O)C(C)(C)C. The lowest BCUT2D eigenvalue weighted by Crippen LogP contribution is -2.27. The number of carbonyl (C=O) groups is 2. The number of nitrogens with zero attached hydrogens (tertiary/aromatic N) is 4. The highest BCUT2D eigenvalue weighted by Gasteiger charge is 2.23. The number of esters is 1. The Morgan fingerprint density at radius 1 is 1.27 bits per heavy atom. The van der Waals surface area contributed by atoms with E-state index in [1.54, 1.807) is 25.3 Å². The van der Waals surface area contributed by atoms with Crippen LogP contribution in [-0.4, -0.2) is 37.9 Å². The second-order valence-corrected chi connectivity index (χ2v) is 6.24. The first kappa shape index (κ1) is 16.1. The summed E-state index contributed by atoms with van der Waals surface area (Å²) in [5.41, 5.74) is 1.72. The van der Waals surface area contributed by atoms with E-state index < -0.39 is 11.4 Å². The zero-order chi connectivity index (χ0) is 16.5. The standard InChI is InChI=1S/C15H20N4O3/c1-9-11(10(2)19-14(18-9)16-8-17-19)6-13(21)22-7-12(20)15(3,4)5/h8H,6-7H2,1-5H3. The van der Waals surface area contributed by atoms with Crippen LogP contribution in [0.5, 0.6) is 0 Å². The Kier molecular flexibility index (Phi) is 4.25. The number of ether oxygens (including phenoxy) is 1. The average molecular weight is 304 g/mol. The summed E-state index contributed by atoms with van der Waals surface area (Å²) >= 11 is 0. The van der Waals surface area contributed by atoms with Crippen LogP contribution in [0, 0.1) is 19.3 Å². The number of ketones is 1. The number of fused-ring (bicyclic) bond motifs is 1. The molecule has 0 aliphatic carbocycles. The lowest BCUT2D eigenvalue weighted by Gasteiger charge is -2.16. The fraction of sp³-hybridized carbons (Fsp3) is 0.533. The smallest absolute Gasteiger partial charge is 0.310 e. The monoisotopic (exact) mass is 304 g/mol. The number of Topliss-reactive ketones (excluding diaryl/α,β-unsaturated/α-hetero) is 1. The maximum absolute atomic E-state index is 12.0. The van der Waals surface area contributed by atoms with Crippen LogP contribution in [0.25, 0.3) is 5.78 Å². The van der Waals surface area contributed by atoms with Crippen LogP contribution in [0.3, 0.4) is 0 Å². The molecule has 0 bridgehead atoms. The van der Waals surface area contributed by atoms with E-state index in [9.17, 15) is 9.59 Å². The lowest BCUT2D eigenvalue weighted by molar-refractivity contribution is -0.149. The molecular weight excluding hydrogens is 284 g/mol. The summed E-state index contributed by atoms with van der Waals surface area (Å²) in [7, 11) is 0. The van der Waals surface area contributed by atoms with Gasteiger partial charge >= 0.3 is 5.97 Å². The Morgan fingerprint density at radius 3 is 2.59 bits per heavy atom. The molecule has 0 spiro atoms. The molecule has 0 atom stereocenters. The molecule has 0 aliphatic rings. The second kappa shape index (κ2) is 5.82. The van der Waals surface area contributed by atoms with Crippen molar-refractivity contribution in [2.75, 3.05) is 6.61 Å². The van der Waals surface area contributed by atoms with E-state index in [0.717, 1.165) is 11.3 Å². The lowest BCUT2D eigenvalue weighted by atomic mass is 9.91. The van der Waals surface area contributed by atoms with E-state index in [2.05, 4.69) is 15.1 Å². The predicted molar refractivity (Wildman–Crippen MR) is 79.4 cm³/mol. The van der Waals surface area contributed by atoms with Gasteiger partial charge in [0.05, 0.1) is 6.42 Å². The third kappa shape index (κ3) is 3.29. The first-order valence-corrected chi connectivity index (χ1v) is 7.05. The van der Waals surface area contributed by atoms with Crippen molar-refractivity contribution in [2.45, 2.75) is 41.0 Å². The minimum absolute atomic E-state index is 0.0535. The maximum Gasteiger partial charge on any atom is 0.310 e. The second-order valence-electron chi connectivity index (χ2n) is 6.24. The fourth-order valence-corrected chi connectivity index (χ4v) is 1.97. The third-order valence-corrected chi connectivity index (χ3v) is 3.51. The van der Waals surface area contributed by atoms with Crippen LogP contribution in [0.2, 0.25) is 0 Å². The number of hydrogen-bond acceptors (Lipinski definition) is 6. The van der Waals surface area contributed by atoms with Crippen LogP contribution in [0.1, 0.15) is 37.7 Å². The summed E-state index contributed by atoms with van der Waals surface area (Å²) in [6.07, 6.45) is 1.47. The van der Waals surface area contributed by atoms with Crippen LogP contribution in [0.15, 0.2) is 6.33 Å². The van der Waals surface area contributed by atoms with Crippen LogP contribution in [0.4, 0.5) is 0 Å². The Bertz CT molecular complexity index is 728. The van der Waals surface area contributed by atoms with Gasteiger partial charge in [-0.15, -0.1) is 0 Å². The predicted octanol–water partition coefficient (Wildman–Crippen LogP) is 1.44. The van der Waals surface area contributed by atoms with Crippen molar-refractivity contribution in [3.05, 3.63) is 23.3 Å².